The van der Waals surface area contributed by atoms with Gasteiger partial charge in [0.15, 0.2) is 0 Å². The molecule has 1 fully saturated rings. The Morgan fingerprint density at radius 3 is 3.12 bits per heavy atom. The van der Waals surface area contributed by atoms with Crippen LogP contribution in [0.2, 0.25) is 5.02 Å². The molecule has 2 atom stereocenters. The normalized spacial score (nSPS) is 30.4. The molecule has 1 aromatic rings. The molecule has 1 N–H and O–H groups in total. The Hall–Kier alpha value is -0.350. The molecule has 0 radical (unpaired) electrons. The third kappa shape index (κ3) is 1.85. The van der Waals surface area contributed by atoms with E-state index in [1.807, 2.05) is 18.2 Å². The second-order valence-electron chi connectivity index (χ2n) is 4.48. The highest BCUT2D eigenvalue weighted by Crippen LogP contribution is 2.43. The van der Waals surface area contributed by atoms with Crippen LogP contribution in [0.4, 0.5) is 4.39 Å². The summed E-state index contributed by atoms with van der Waals surface area (Å²) in [7, 11) is 0. The van der Waals surface area contributed by atoms with Crippen molar-refractivity contribution < 1.29 is 9.13 Å². The van der Waals surface area contributed by atoms with Crippen LogP contribution in [-0.2, 0) is 11.3 Å². The van der Waals surface area contributed by atoms with Crippen molar-refractivity contribution >= 4 is 24.0 Å². The molecule has 17 heavy (non-hydrogen) atoms. The zero-order valence-electron chi connectivity index (χ0n) is 9.21. The minimum absolute atomic E-state index is 0. The van der Waals surface area contributed by atoms with Gasteiger partial charge in [-0.2, -0.15) is 0 Å². The smallest absolute Gasteiger partial charge is 0.120 e. The number of fused-ring (bicyclic) bond motifs is 3. The van der Waals surface area contributed by atoms with Crippen LogP contribution in [-0.4, -0.2) is 25.4 Å². The Bertz CT molecular complexity index is 429. The van der Waals surface area contributed by atoms with Gasteiger partial charge in [0.25, 0.3) is 0 Å². The maximum atomic E-state index is 13.2. The molecule has 0 saturated carbocycles. The highest BCUT2D eigenvalue weighted by Gasteiger charge is 2.48. The molecule has 1 aromatic carbocycles. The van der Waals surface area contributed by atoms with Crippen LogP contribution in [0.1, 0.15) is 17.0 Å². The minimum Gasteiger partial charge on any atom is -0.365 e. The van der Waals surface area contributed by atoms with Gasteiger partial charge in [-0.25, -0.2) is 4.39 Å². The summed E-state index contributed by atoms with van der Waals surface area (Å²) in [4.78, 5) is 0. The first kappa shape index (κ1) is 13.1. The van der Waals surface area contributed by atoms with E-state index in [-0.39, 0.29) is 18.3 Å². The van der Waals surface area contributed by atoms with Crippen molar-refractivity contribution in [2.24, 2.45) is 0 Å². The van der Waals surface area contributed by atoms with E-state index in [4.69, 9.17) is 16.3 Å². The molecule has 2 aliphatic rings. The van der Waals surface area contributed by atoms with E-state index in [0.29, 0.717) is 13.2 Å². The Labute approximate surface area is 111 Å². The largest absolute Gasteiger partial charge is 0.365 e. The van der Waals surface area contributed by atoms with E-state index >= 15 is 0 Å². The quantitative estimate of drug-likeness (QED) is 0.852. The number of rotatable bonds is 1. The fraction of sp³-hybridized carbons (Fsp3) is 0.500. The molecule has 0 amide bonds. The van der Waals surface area contributed by atoms with E-state index in [9.17, 15) is 4.39 Å². The topological polar surface area (TPSA) is 21.3 Å². The number of hydrogen-bond donors (Lipinski definition) is 1. The van der Waals surface area contributed by atoms with E-state index in [0.717, 1.165) is 22.7 Å². The van der Waals surface area contributed by atoms with Crippen LogP contribution in [0.25, 0.3) is 0 Å². The molecule has 0 aromatic heterocycles. The predicted octanol–water partition coefficient (Wildman–Crippen LogP) is 2.69. The molecule has 0 aliphatic carbocycles. The highest BCUT2D eigenvalue weighted by atomic mass is 35.5. The van der Waals surface area contributed by atoms with Gasteiger partial charge in [0.2, 0.25) is 0 Å². The summed E-state index contributed by atoms with van der Waals surface area (Å²) in [5.41, 5.74) is 1.49. The van der Waals surface area contributed by atoms with E-state index in [1.165, 1.54) is 0 Å². The lowest BCUT2D eigenvalue weighted by atomic mass is 9.81. The monoisotopic (exact) mass is 277 g/mol. The third-order valence-corrected chi connectivity index (χ3v) is 4.02. The fourth-order valence-electron chi connectivity index (χ4n) is 2.73. The number of benzene rings is 1. The molecule has 0 bridgehead atoms. The second-order valence-corrected chi connectivity index (χ2v) is 4.89. The standard InChI is InChI=1S/C12H13ClFNO.ClH/c13-11-3-1-2-8-9(11)5-16-12(6-14)7-15-4-10(8)12;/h1-3,10,15H,4-7H2;1H/t10-,12-;/m1./s1. The first-order valence-electron chi connectivity index (χ1n) is 5.45. The van der Waals surface area contributed by atoms with Gasteiger partial charge in [-0.1, -0.05) is 23.7 Å². The molecule has 0 unspecified atom stereocenters. The van der Waals surface area contributed by atoms with Crippen LogP contribution >= 0.6 is 24.0 Å². The molecule has 0 spiro atoms. The lowest BCUT2D eigenvalue weighted by Crippen LogP contribution is -2.45. The molecular weight excluding hydrogens is 264 g/mol. The van der Waals surface area contributed by atoms with Gasteiger partial charge in [-0.05, 0) is 17.2 Å². The van der Waals surface area contributed by atoms with Crippen LogP contribution < -0.4 is 5.32 Å². The van der Waals surface area contributed by atoms with Crippen molar-refractivity contribution in [3.63, 3.8) is 0 Å². The van der Waals surface area contributed by atoms with Crippen LogP contribution in [0.3, 0.4) is 0 Å². The maximum Gasteiger partial charge on any atom is 0.120 e. The highest BCUT2D eigenvalue weighted by molar-refractivity contribution is 6.31. The van der Waals surface area contributed by atoms with Crippen LogP contribution in [0.15, 0.2) is 18.2 Å². The Balaban J connectivity index is 0.00000108. The summed E-state index contributed by atoms with van der Waals surface area (Å²) < 4.78 is 18.9. The van der Waals surface area contributed by atoms with Crippen molar-refractivity contribution in [2.75, 3.05) is 19.8 Å². The molecular formula is C12H14Cl2FNO. The zero-order chi connectivity index (χ0) is 11.2. The van der Waals surface area contributed by atoms with Gasteiger partial charge in [0.05, 0.1) is 6.61 Å². The van der Waals surface area contributed by atoms with Crippen molar-refractivity contribution in [3.8, 4) is 0 Å². The minimum atomic E-state index is -0.669. The Morgan fingerprint density at radius 2 is 2.35 bits per heavy atom. The van der Waals surface area contributed by atoms with Gasteiger partial charge < -0.3 is 10.1 Å². The Kier molecular flexibility index (Phi) is 3.64. The number of ether oxygens (including phenoxy) is 1. The predicted molar refractivity (Wildman–Crippen MR) is 67.8 cm³/mol. The lowest BCUT2D eigenvalue weighted by molar-refractivity contribution is -0.0789. The molecule has 2 aliphatic heterocycles. The van der Waals surface area contributed by atoms with Gasteiger partial charge in [-0.3, -0.25) is 0 Å². The number of hydrogen-bond acceptors (Lipinski definition) is 2. The lowest BCUT2D eigenvalue weighted by Gasteiger charge is -2.38. The number of alkyl halides is 1. The average molecular weight is 278 g/mol. The Morgan fingerprint density at radius 1 is 1.53 bits per heavy atom. The summed E-state index contributed by atoms with van der Waals surface area (Å²) in [6, 6.07) is 5.81. The van der Waals surface area contributed by atoms with E-state index in [1.54, 1.807) is 0 Å². The summed E-state index contributed by atoms with van der Waals surface area (Å²) in [5, 5.41) is 3.93. The summed E-state index contributed by atoms with van der Waals surface area (Å²) in [6.07, 6.45) is 0. The molecule has 5 heteroatoms. The third-order valence-electron chi connectivity index (χ3n) is 3.67. The fourth-order valence-corrected chi connectivity index (χ4v) is 2.97. The molecule has 3 rings (SSSR count). The van der Waals surface area contributed by atoms with Crippen LogP contribution in [0, 0.1) is 0 Å². The number of halogens is 3. The zero-order valence-corrected chi connectivity index (χ0v) is 10.8. The second kappa shape index (κ2) is 4.73. The van der Waals surface area contributed by atoms with E-state index in [2.05, 4.69) is 5.32 Å². The van der Waals surface area contributed by atoms with Gasteiger partial charge in [-0.15, -0.1) is 12.4 Å². The molecule has 1 saturated heterocycles. The number of nitrogens with one attached hydrogen (secondary N) is 1. The van der Waals surface area contributed by atoms with Crippen LogP contribution in [0.5, 0.6) is 0 Å². The molecule has 2 heterocycles. The molecule has 2 nitrogen and oxygen atoms in total. The van der Waals surface area contributed by atoms with Crippen molar-refractivity contribution in [3.05, 3.63) is 34.3 Å². The average Bonchev–Trinajstić information content (AvgIpc) is 2.74. The first-order chi connectivity index (χ1) is 7.77. The first-order valence-corrected chi connectivity index (χ1v) is 5.82. The van der Waals surface area contributed by atoms with Gasteiger partial charge in [0, 0.05) is 24.0 Å². The van der Waals surface area contributed by atoms with Crippen molar-refractivity contribution in [2.45, 2.75) is 18.1 Å². The summed E-state index contributed by atoms with van der Waals surface area (Å²) >= 11 is 6.13. The van der Waals surface area contributed by atoms with Gasteiger partial charge in [0.1, 0.15) is 12.3 Å². The van der Waals surface area contributed by atoms with Crippen molar-refractivity contribution in [1.29, 1.82) is 0 Å². The van der Waals surface area contributed by atoms with Gasteiger partial charge >= 0.3 is 0 Å². The SMILES string of the molecule is Cl.FC[C@@]12CNC[C@@H]1c1cccc(Cl)c1CO2. The van der Waals surface area contributed by atoms with Crippen molar-refractivity contribution in [1.82, 2.24) is 5.32 Å². The summed E-state index contributed by atoms with van der Waals surface area (Å²) in [6.45, 7) is 1.31. The maximum absolute atomic E-state index is 13.2. The summed E-state index contributed by atoms with van der Waals surface area (Å²) in [5.74, 6) is 0.0833. The molecule has 94 valence electrons. The van der Waals surface area contributed by atoms with E-state index < -0.39 is 12.3 Å².